The molecular formula is C15H20N2O. The Morgan fingerprint density at radius 1 is 1.39 bits per heavy atom. The Hall–Kier alpha value is -1.64. The first kappa shape index (κ1) is 12.8. The summed E-state index contributed by atoms with van der Waals surface area (Å²) >= 11 is 0. The van der Waals surface area contributed by atoms with E-state index in [0.717, 1.165) is 12.0 Å². The number of hydrogen-bond acceptors (Lipinski definition) is 2. The number of rotatable bonds is 1. The standard InChI is InChI=1S/C15H20N2O/c1-11-6-5-7-12(10-11)13-8-9-16-17(13)14(18)15(2,3)4/h5-7,9-10,13H,8H2,1-4H3. The maximum Gasteiger partial charge on any atom is 0.248 e. The molecule has 18 heavy (non-hydrogen) atoms. The van der Waals surface area contributed by atoms with E-state index in [1.54, 1.807) is 5.01 Å². The summed E-state index contributed by atoms with van der Waals surface area (Å²) in [5, 5.41) is 5.88. The maximum absolute atomic E-state index is 12.3. The van der Waals surface area contributed by atoms with Crippen molar-refractivity contribution in [3.63, 3.8) is 0 Å². The van der Waals surface area contributed by atoms with Crippen molar-refractivity contribution in [3.8, 4) is 0 Å². The van der Waals surface area contributed by atoms with Crippen molar-refractivity contribution < 1.29 is 4.79 Å². The molecule has 0 fully saturated rings. The van der Waals surface area contributed by atoms with E-state index >= 15 is 0 Å². The fourth-order valence-electron chi connectivity index (χ4n) is 2.11. The van der Waals surface area contributed by atoms with Gasteiger partial charge in [0, 0.05) is 18.1 Å². The second kappa shape index (κ2) is 4.56. The largest absolute Gasteiger partial charge is 0.272 e. The lowest BCUT2D eigenvalue weighted by Crippen LogP contribution is -2.36. The van der Waals surface area contributed by atoms with Crippen molar-refractivity contribution in [3.05, 3.63) is 35.4 Å². The van der Waals surface area contributed by atoms with E-state index in [0.29, 0.717) is 0 Å². The third-order valence-electron chi connectivity index (χ3n) is 3.11. The smallest absolute Gasteiger partial charge is 0.248 e. The third-order valence-corrected chi connectivity index (χ3v) is 3.11. The van der Waals surface area contributed by atoms with Crippen molar-refractivity contribution in [1.29, 1.82) is 0 Å². The van der Waals surface area contributed by atoms with Crippen molar-refractivity contribution in [2.75, 3.05) is 0 Å². The summed E-state index contributed by atoms with van der Waals surface area (Å²) in [6.07, 6.45) is 2.63. The van der Waals surface area contributed by atoms with Crippen LogP contribution in [-0.2, 0) is 4.79 Å². The summed E-state index contributed by atoms with van der Waals surface area (Å²) in [6.45, 7) is 7.85. The number of aryl methyl sites for hydroxylation is 1. The highest BCUT2D eigenvalue weighted by Crippen LogP contribution is 2.32. The highest BCUT2D eigenvalue weighted by molar-refractivity contribution is 5.84. The zero-order chi connectivity index (χ0) is 13.3. The summed E-state index contributed by atoms with van der Waals surface area (Å²) in [5.74, 6) is 0.0720. The predicted molar refractivity (Wildman–Crippen MR) is 73.3 cm³/mol. The Morgan fingerprint density at radius 2 is 2.11 bits per heavy atom. The van der Waals surface area contributed by atoms with Gasteiger partial charge in [-0.1, -0.05) is 50.6 Å². The van der Waals surface area contributed by atoms with Crippen LogP contribution >= 0.6 is 0 Å². The Labute approximate surface area is 108 Å². The van der Waals surface area contributed by atoms with Crippen molar-refractivity contribution >= 4 is 12.1 Å². The van der Waals surface area contributed by atoms with Gasteiger partial charge in [-0.2, -0.15) is 5.10 Å². The summed E-state index contributed by atoms with van der Waals surface area (Å²) in [4.78, 5) is 12.3. The van der Waals surface area contributed by atoms with E-state index in [4.69, 9.17) is 0 Å². The fraction of sp³-hybridized carbons (Fsp3) is 0.467. The number of amides is 1. The van der Waals surface area contributed by atoms with Crippen LogP contribution < -0.4 is 0 Å². The molecule has 0 saturated heterocycles. The van der Waals surface area contributed by atoms with Crippen LogP contribution in [0.3, 0.4) is 0 Å². The van der Waals surface area contributed by atoms with E-state index in [1.807, 2.05) is 33.1 Å². The van der Waals surface area contributed by atoms with Gasteiger partial charge in [-0.3, -0.25) is 4.79 Å². The summed E-state index contributed by atoms with van der Waals surface area (Å²) < 4.78 is 0. The van der Waals surface area contributed by atoms with E-state index < -0.39 is 5.41 Å². The zero-order valence-electron chi connectivity index (χ0n) is 11.5. The van der Waals surface area contributed by atoms with Crippen LogP contribution in [0.25, 0.3) is 0 Å². The second-order valence-corrected chi connectivity index (χ2v) is 5.86. The van der Waals surface area contributed by atoms with Crippen molar-refractivity contribution in [2.45, 2.75) is 40.2 Å². The SMILES string of the molecule is Cc1cccc(C2CC=NN2C(=O)C(C)(C)C)c1. The van der Waals surface area contributed by atoms with Gasteiger partial charge >= 0.3 is 0 Å². The molecule has 3 heteroatoms. The summed E-state index contributed by atoms with van der Waals surface area (Å²) in [6, 6.07) is 8.34. The molecule has 96 valence electrons. The van der Waals surface area contributed by atoms with Crippen LogP contribution in [0, 0.1) is 12.3 Å². The highest BCUT2D eigenvalue weighted by Gasteiger charge is 2.34. The number of hydrazone groups is 1. The van der Waals surface area contributed by atoms with Crippen LogP contribution in [0.1, 0.15) is 44.4 Å². The first-order chi connectivity index (χ1) is 8.39. The number of carbonyl (C=O) groups is 1. The van der Waals surface area contributed by atoms with E-state index in [9.17, 15) is 4.79 Å². The average Bonchev–Trinajstić information content (AvgIpc) is 2.75. The molecule has 1 aliphatic rings. The fourth-order valence-corrected chi connectivity index (χ4v) is 2.11. The molecule has 0 saturated carbocycles. The lowest BCUT2D eigenvalue weighted by atomic mass is 9.93. The number of hydrogen-bond donors (Lipinski definition) is 0. The molecule has 1 aromatic rings. The van der Waals surface area contributed by atoms with Gasteiger partial charge in [0.25, 0.3) is 0 Å². The molecule has 0 aliphatic carbocycles. The van der Waals surface area contributed by atoms with Crippen molar-refractivity contribution in [1.82, 2.24) is 5.01 Å². The predicted octanol–water partition coefficient (Wildman–Crippen LogP) is 3.30. The monoisotopic (exact) mass is 244 g/mol. The van der Waals surface area contributed by atoms with Gasteiger partial charge in [0.15, 0.2) is 0 Å². The number of carbonyl (C=O) groups excluding carboxylic acids is 1. The Morgan fingerprint density at radius 3 is 2.72 bits per heavy atom. The molecule has 1 amide bonds. The normalized spacial score (nSPS) is 19.3. The van der Waals surface area contributed by atoms with Gasteiger partial charge in [0.05, 0.1) is 6.04 Å². The molecule has 1 aromatic carbocycles. The molecule has 0 radical (unpaired) electrons. The number of benzene rings is 1. The van der Waals surface area contributed by atoms with Crippen LogP contribution in [0.5, 0.6) is 0 Å². The van der Waals surface area contributed by atoms with Gasteiger partial charge < -0.3 is 0 Å². The summed E-state index contributed by atoms with van der Waals surface area (Å²) in [5.41, 5.74) is 1.97. The Kier molecular flexibility index (Phi) is 3.24. The van der Waals surface area contributed by atoms with E-state index in [2.05, 4.69) is 30.2 Å². The molecule has 0 bridgehead atoms. The molecule has 0 aromatic heterocycles. The topological polar surface area (TPSA) is 32.7 Å². The Bertz CT molecular complexity index is 486. The molecule has 1 atom stereocenters. The molecule has 0 spiro atoms. The van der Waals surface area contributed by atoms with Crippen LogP contribution in [0.15, 0.2) is 29.4 Å². The highest BCUT2D eigenvalue weighted by atomic mass is 16.2. The van der Waals surface area contributed by atoms with Gasteiger partial charge in [-0.05, 0) is 12.5 Å². The first-order valence-electron chi connectivity index (χ1n) is 6.32. The van der Waals surface area contributed by atoms with Crippen molar-refractivity contribution in [2.24, 2.45) is 10.5 Å². The molecule has 2 rings (SSSR count). The van der Waals surface area contributed by atoms with E-state index in [-0.39, 0.29) is 11.9 Å². The minimum atomic E-state index is -0.399. The molecular weight excluding hydrogens is 224 g/mol. The molecule has 1 unspecified atom stereocenters. The molecule has 0 N–H and O–H groups in total. The first-order valence-corrected chi connectivity index (χ1v) is 6.32. The zero-order valence-corrected chi connectivity index (χ0v) is 11.5. The Balaban J connectivity index is 2.27. The number of nitrogens with zero attached hydrogens (tertiary/aromatic N) is 2. The molecule has 1 heterocycles. The second-order valence-electron chi connectivity index (χ2n) is 5.86. The minimum absolute atomic E-state index is 0.0524. The lowest BCUT2D eigenvalue weighted by molar-refractivity contribution is -0.141. The maximum atomic E-state index is 12.3. The van der Waals surface area contributed by atoms with Crippen LogP contribution in [0.4, 0.5) is 0 Å². The van der Waals surface area contributed by atoms with E-state index in [1.165, 1.54) is 5.56 Å². The van der Waals surface area contributed by atoms with Crippen LogP contribution in [0.2, 0.25) is 0 Å². The van der Waals surface area contributed by atoms with Gasteiger partial charge in [0.2, 0.25) is 5.91 Å². The summed E-state index contributed by atoms with van der Waals surface area (Å²) in [7, 11) is 0. The molecule has 1 aliphatic heterocycles. The average molecular weight is 244 g/mol. The third kappa shape index (κ3) is 2.45. The van der Waals surface area contributed by atoms with Gasteiger partial charge in [-0.15, -0.1) is 0 Å². The van der Waals surface area contributed by atoms with Gasteiger partial charge in [0.1, 0.15) is 0 Å². The molecule has 3 nitrogen and oxygen atoms in total. The lowest BCUT2D eigenvalue weighted by Gasteiger charge is -2.28. The quantitative estimate of drug-likeness (QED) is 0.746. The minimum Gasteiger partial charge on any atom is -0.272 e. The van der Waals surface area contributed by atoms with Gasteiger partial charge in [-0.25, -0.2) is 5.01 Å². The van der Waals surface area contributed by atoms with Crippen LogP contribution in [-0.4, -0.2) is 17.1 Å².